The topological polar surface area (TPSA) is 78.7 Å². The summed E-state index contributed by atoms with van der Waals surface area (Å²) >= 11 is 3.38. The lowest BCUT2D eigenvalue weighted by Crippen LogP contribution is -2.42. The fraction of sp³-hybridized carbons (Fsp3) is 0.421. The van der Waals surface area contributed by atoms with E-state index in [1.807, 2.05) is 6.07 Å². The number of likely N-dealkylation sites (N-methyl/N-ethyl adjacent to an activating group) is 1. The van der Waals surface area contributed by atoms with Gasteiger partial charge in [0.2, 0.25) is 5.91 Å². The molecule has 0 saturated carbocycles. The number of anilines is 1. The summed E-state index contributed by atoms with van der Waals surface area (Å²) in [6.07, 6.45) is 0. The van der Waals surface area contributed by atoms with E-state index < -0.39 is 0 Å². The van der Waals surface area contributed by atoms with E-state index in [9.17, 15) is 9.59 Å². The zero-order valence-electron chi connectivity index (χ0n) is 15.9. The Morgan fingerprint density at radius 1 is 1.19 bits per heavy atom. The second kappa shape index (κ2) is 10.2. The molecule has 7 nitrogen and oxygen atoms in total. The number of aromatic nitrogens is 1. The molecule has 2 aromatic rings. The van der Waals surface area contributed by atoms with Crippen molar-refractivity contribution in [2.45, 2.75) is 20.8 Å². The fourth-order valence-electron chi connectivity index (χ4n) is 2.64. The van der Waals surface area contributed by atoms with Crippen molar-refractivity contribution < 1.29 is 14.1 Å². The van der Waals surface area contributed by atoms with Crippen molar-refractivity contribution in [3.63, 3.8) is 0 Å². The van der Waals surface area contributed by atoms with E-state index in [1.165, 1.54) is 0 Å². The van der Waals surface area contributed by atoms with Gasteiger partial charge < -0.3 is 19.6 Å². The molecule has 2 rings (SSSR count). The third-order valence-corrected chi connectivity index (χ3v) is 4.66. The molecule has 0 saturated heterocycles. The summed E-state index contributed by atoms with van der Waals surface area (Å²) in [5, 5.41) is 6.42. The van der Waals surface area contributed by atoms with Gasteiger partial charge in [0.25, 0.3) is 5.91 Å². The first kappa shape index (κ1) is 21.1. The monoisotopic (exact) mass is 436 g/mol. The van der Waals surface area contributed by atoms with Crippen LogP contribution in [0.3, 0.4) is 0 Å². The minimum absolute atomic E-state index is 0.0570. The molecule has 8 heteroatoms. The normalized spacial score (nSPS) is 10.9. The van der Waals surface area contributed by atoms with Gasteiger partial charge in [-0.1, -0.05) is 41.0 Å². The van der Waals surface area contributed by atoms with Crippen LogP contribution in [0, 0.1) is 6.92 Å². The van der Waals surface area contributed by atoms with Crippen LogP contribution in [0.25, 0.3) is 0 Å². The van der Waals surface area contributed by atoms with Gasteiger partial charge in [-0.05, 0) is 38.2 Å². The largest absolute Gasteiger partial charge is 0.360 e. The summed E-state index contributed by atoms with van der Waals surface area (Å²) < 4.78 is 5.77. The van der Waals surface area contributed by atoms with E-state index in [4.69, 9.17) is 4.52 Å². The maximum Gasteiger partial charge on any atom is 0.254 e. The first-order valence-corrected chi connectivity index (χ1v) is 9.72. The van der Waals surface area contributed by atoms with Crippen molar-refractivity contribution in [1.82, 2.24) is 15.0 Å². The molecule has 27 heavy (non-hydrogen) atoms. The summed E-state index contributed by atoms with van der Waals surface area (Å²) in [5.74, 6) is 0.450. The van der Waals surface area contributed by atoms with Crippen LogP contribution in [-0.4, -0.2) is 59.5 Å². The van der Waals surface area contributed by atoms with Crippen LogP contribution < -0.4 is 5.32 Å². The molecule has 1 aromatic carbocycles. The van der Waals surface area contributed by atoms with Crippen LogP contribution in [0.5, 0.6) is 0 Å². The fourth-order valence-corrected chi connectivity index (χ4v) is 3.04. The van der Waals surface area contributed by atoms with Gasteiger partial charge in [0.15, 0.2) is 5.82 Å². The molecule has 0 unspecified atom stereocenters. The second-order valence-corrected chi connectivity index (χ2v) is 7.05. The number of nitrogens with one attached hydrogen (secondary N) is 1. The Kier molecular flexibility index (Phi) is 7.99. The van der Waals surface area contributed by atoms with Gasteiger partial charge in [-0.2, -0.15) is 0 Å². The van der Waals surface area contributed by atoms with Crippen molar-refractivity contribution in [3.8, 4) is 0 Å². The lowest BCUT2D eigenvalue weighted by Gasteiger charge is -2.26. The summed E-state index contributed by atoms with van der Waals surface area (Å²) in [6, 6.07) is 8.80. The van der Waals surface area contributed by atoms with Crippen LogP contribution in [0.1, 0.15) is 30.0 Å². The number of carbonyl (C=O) groups excluding carboxylic acids is 2. The van der Waals surface area contributed by atoms with E-state index in [0.29, 0.717) is 30.2 Å². The minimum atomic E-state index is -0.314. The molecule has 1 N–H and O–H groups in total. The van der Waals surface area contributed by atoms with Crippen LogP contribution in [-0.2, 0) is 4.79 Å². The first-order chi connectivity index (χ1) is 12.9. The Bertz CT molecular complexity index is 774. The molecule has 0 radical (unpaired) electrons. The van der Waals surface area contributed by atoms with E-state index in [0.717, 1.165) is 17.6 Å². The van der Waals surface area contributed by atoms with Crippen LogP contribution in [0.2, 0.25) is 0 Å². The first-order valence-electron chi connectivity index (χ1n) is 8.93. The Balaban J connectivity index is 2.10. The van der Waals surface area contributed by atoms with Crippen molar-refractivity contribution in [2.75, 3.05) is 38.0 Å². The molecule has 0 aliphatic heterocycles. The lowest BCUT2D eigenvalue weighted by molar-refractivity contribution is -0.117. The number of benzene rings is 1. The highest BCUT2D eigenvalue weighted by Gasteiger charge is 2.20. The molecule has 0 aliphatic rings. The molecule has 146 valence electrons. The van der Waals surface area contributed by atoms with Crippen molar-refractivity contribution >= 4 is 33.6 Å². The van der Waals surface area contributed by atoms with Gasteiger partial charge in [-0.3, -0.25) is 9.59 Å². The summed E-state index contributed by atoms with van der Waals surface area (Å²) in [7, 11) is 0. The third kappa shape index (κ3) is 6.48. The van der Waals surface area contributed by atoms with Gasteiger partial charge >= 0.3 is 0 Å². The predicted octanol–water partition coefficient (Wildman–Crippen LogP) is 3.17. The van der Waals surface area contributed by atoms with E-state index in [1.54, 1.807) is 36.1 Å². The summed E-state index contributed by atoms with van der Waals surface area (Å²) in [4.78, 5) is 29.1. The van der Waals surface area contributed by atoms with Gasteiger partial charge in [0.1, 0.15) is 12.3 Å². The number of aryl methyl sites for hydroxylation is 1. The molecule has 0 spiro atoms. The number of hydrogen-bond donors (Lipinski definition) is 1. The molecule has 0 fully saturated rings. The Labute approximate surface area is 167 Å². The molecular formula is C19H25BrN4O3. The number of amides is 2. The standard InChI is InChI=1S/C19H25BrN4O3/c1-4-23(5-2)9-10-24(19(26)15-7-6-8-16(20)12-15)13-18(25)21-17-11-14(3)27-22-17/h6-8,11-12H,4-5,9-10,13H2,1-3H3,(H,21,22,25). The molecular weight excluding hydrogens is 412 g/mol. The molecule has 1 aromatic heterocycles. The van der Waals surface area contributed by atoms with E-state index in [-0.39, 0.29) is 18.4 Å². The lowest BCUT2D eigenvalue weighted by atomic mass is 10.2. The maximum absolute atomic E-state index is 13.0. The number of rotatable bonds is 9. The van der Waals surface area contributed by atoms with E-state index >= 15 is 0 Å². The average molecular weight is 437 g/mol. The molecule has 0 bridgehead atoms. The Morgan fingerprint density at radius 2 is 1.93 bits per heavy atom. The maximum atomic E-state index is 13.0. The van der Waals surface area contributed by atoms with Crippen LogP contribution in [0.15, 0.2) is 39.3 Å². The van der Waals surface area contributed by atoms with Crippen molar-refractivity contribution in [2.24, 2.45) is 0 Å². The van der Waals surface area contributed by atoms with E-state index in [2.05, 4.69) is 45.2 Å². The zero-order valence-corrected chi connectivity index (χ0v) is 17.5. The predicted molar refractivity (Wildman–Crippen MR) is 108 cm³/mol. The molecule has 0 aliphatic carbocycles. The Hall–Kier alpha value is -2.19. The quantitative estimate of drug-likeness (QED) is 0.652. The van der Waals surface area contributed by atoms with Gasteiger partial charge in [-0.15, -0.1) is 0 Å². The smallest absolute Gasteiger partial charge is 0.254 e. The van der Waals surface area contributed by atoms with Crippen LogP contribution >= 0.6 is 15.9 Å². The SMILES string of the molecule is CCN(CC)CCN(CC(=O)Nc1cc(C)on1)C(=O)c1cccc(Br)c1. The van der Waals surface area contributed by atoms with Crippen molar-refractivity contribution in [3.05, 3.63) is 46.1 Å². The number of nitrogens with zero attached hydrogens (tertiary/aromatic N) is 3. The number of carbonyl (C=O) groups is 2. The molecule has 1 heterocycles. The number of hydrogen-bond acceptors (Lipinski definition) is 5. The third-order valence-electron chi connectivity index (χ3n) is 4.17. The highest BCUT2D eigenvalue weighted by atomic mass is 79.9. The second-order valence-electron chi connectivity index (χ2n) is 6.13. The van der Waals surface area contributed by atoms with Gasteiger partial charge in [-0.25, -0.2) is 0 Å². The zero-order chi connectivity index (χ0) is 19.8. The highest BCUT2D eigenvalue weighted by Crippen LogP contribution is 2.14. The van der Waals surface area contributed by atoms with Gasteiger partial charge in [0.05, 0.1) is 0 Å². The summed E-state index contributed by atoms with van der Waals surface area (Å²) in [5.41, 5.74) is 0.536. The minimum Gasteiger partial charge on any atom is -0.360 e. The molecule has 0 atom stereocenters. The average Bonchev–Trinajstić information content (AvgIpc) is 3.05. The highest BCUT2D eigenvalue weighted by molar-refractivity contribution is 9.10. The Morgan fingerprint density at radius 3 is 2.52 bits per heavy atom. The van der Waals surface area contributed by atoms with Crippen molar-refractivity contribution in [1.29, 1.82) is 0 Å². The summed E-state index contributed by atoms with van der Waals surface area (Å²) in [6.45, 7) is 8.77. The molecule has 2 amide bonds. The van der Waals surface area contributed by atoms with Crippen LogP contribution in [0.4, 0.5) is 5.82 Å². The van der Waals surface area contributed by atoms with Gasteiger partial charge in [0, 0.05) is 29.2 Å². The number of halogens is 1.